The summed E-state index contributed by atoms with van der Waals surface area (Å²) in [6.45, 7) is 6.08. The fourth-order valence-corrected chi connectivity index (χ4v) is 1.89. The first-order chi connectivity index (χ1) is 11.0. The molecule has 0 aromatic heterocycles. The molecule has 0 saturated carbocycles. The zero-order valence-corrected chi connectivity index (χ0v) is 14.1. The summed E-state index contributed by atoms with van der Waals surface area (Å²) >= 11 is 0. The molecule has 7 nitrogen and oxygen atoms in total. The van der Waals surface area contributed by atoms with E-state index < -0.39 is 0 Å². The van der Waals surface area contributed by atoms with Gasteiger partial charge in [-0.1, -0.05) is 0 Å². The Labute approximate surface area is 137 Å². The van der Waals surface area contributed by atoms with E-state index in [9.17, 15) is 0 Å². The third-order valence-electron chi connectivity index (χ3n) is 3.47. The number of rotatable bonds is 7. The average molecular weight is 323 g/mol. The van der Waals surface area contributed by atoms with Gasteiger partial charge < -0.3 is 29.6 Å². The van der Waals surface area contributed by atoms with Crippen LogP contribution < -0.4 is 24.8 Å². The second-order valence-electron chi connectivity index (χ2n) is 5.68. The summed E-state index contributed by atoms with van der Waals surface area (Å²) in [5.41, 5.74) is -0.249. The highest BCUT2D eigenvalue weighted by Gasteiger charge is 2.16. The zero-order valence-electron chi connectivity index (χ0n) is 14.1. The Morgan fingerprint density at radius 2 is 2.04 bits per heavy atom. The summed E-state index contributed by atoms with van der Waals surface area (Å²) in [5, 5.41) is 6.41. The highest BCUT2D eigenvalue weighted by molar-refractivity contribution is 5.79. The Morgan fingerprint density at radius 1 is 1.26 bits per heavy atom. The van der Waals surface area contributed by atoms with E-state index >= 15 is 0 Å². The summed E-state index contributed by atoms with van der Waals surface area (Å²) in [6.07, 6.45) is 0. The minimum Gasteiger partial charge on any atom is -0.492 e. The van der Waals surface area contributed by atoms with Gasteiger partial charge in [-0.15, -0.1) is 0 Å². The molecule has 0 radical (unpaired) electrons. The number of ether oxygens (including phenoxy) is 4. The lowest BCUT2D eigenvalue weighted by Gasteiger charge is -2.24. The van der Waals surface area contributed by atoms with Crippen LogP contribution in [0, 0.1) is 0 Å². The van der Waals surface area contributed by atoms with Crippen molar-refractivity contribution < 1.29 is 18.9 Å². The Morgan fingerprint density at radius 3 is 2.78 bits per heavy atom. The van der Waals surface area contributed by atoms with Gasteiger partial charge in [0.25, 0.3) is 0 Å². The van der Waals surface area contributed by atoms with Crippen molar-refractivity contribution in [3.8, 4) is 17.2 Å². The fraction of sp³-hybridized carbons (Fsp3) is 0.562. The standard InChI is InChI=1S/C16H25N3O4/c1-16(2,20-4)10-19-15(17-3)18-7-8-21-12-5-6-13-14(9-12)23-11-22-13/h5-6,9H,7-8,10-11H2,1-4H3,(H2,17,18,19). The summed E-state index contributed by atoms with van der Waals surface area (Å²) in [4.78, 5) is 4.16. The van der Waals surface area contributed by atoms with Gasteiger partial charge in [-0.05, 0) is 26.0 Å². The van der Waals surface area contributed by atoms with Crippen molar-refractivity contribution in [3.05, 3.63) is 18.2 Å². The van der Waals surface area contributed by atoms with Crippen LogP contribution in [0.1, 0.15) is 13.8 Å². The second kappa shape index (κ2) is 7.92. The molecule has 128 valence electrons. The van der Waals surface area contributed by atoms with Gasteiger partial charge in [-0.3, -0.25) is 4.99 Å². The van der Waals surface area contributed by atoms with E-state index in [0.29, 0.717) is 25.7 Å². The summed E-state index contributed by atoms with van der Waals surface area (Å²) < 4.78 is 21.6. The molecule has 0 fully saturated rings. The van der Waals surface area contributed by atoms with Gasteiger partial charge in [0, 0.05) is 26.8 Å². The number of guanidine groups is 1. The van der Waals surface area contributed by atoms with E-state index in [2.05, 4.69) is 15.6 Å². The topological polar surface area (TPSA) is 73.3 Å². The number of aliphatic imine (C=N–C) groups is 1. The normalized spacial score (nSPS) is 13.8. The van der Waals surface area contributed by atoms with Gasteiger partial charge in [0.15, 0.2) is 17.5 Å². The van der Waals surface area contributed by atoms with Crippen molar-refractivity contribution in [1.82, 2.24) is 10.6 Å². The molecule has 0 spiro atoms. The van der Waals surface area contributed by atoms with E-state index in [1.54, 1.807) is 14.2 Å². The van der Waals surface area contributed by atoms with Gasteiger partial charge in [0.2, 0.25) is 6.79 Å². The molecule has 23 heavy (non-hydrogen) atoms. The lowest BCUT2D eigenvalue weighted by atomic mass is 10.1. The number of nitrogens with one attached hydrogen (secondary N) is 2. The Kier molecular flexibility index (Phi) is 5.92. The minimum absolute atomic E-state index is 0.249. The van der Waals surface area contributed by atoms with Gasteiger partial charge in [0.05, 0.1) is 12.1 Å². The van der Waals surface area contributed by atoms with Gasteiger partial charge in [-0.25, -0.2) is 0 Å². The monoisotopic (exact) mass is 323 g/mol. The third-order valence-corrected chi connectivity index (χ3v) is 3.47. The zero-order chi connectivity index (χ0) is 16.7. The van der Waals surface area contributed by atoms with Crippen LogP contribution in [0.15, 0.2) is 23.2 Å². The number of benzene rings is 1. The predicted octanol–water partition coefficient (Wildman–Crippen LogP) is 1.38. The highest BCUT2D eigenvalue weighted by atomic mass is 16.7. The third kappa shape index (κ3) is 5.21. The van der Waals surface area contributed by atoms with Crippen molar-refractivity contribution in [2.75, 3.05) is 40.6 Å². The van der Waals surface area contributed by atoms with Gasteiger partial charge >= 0.3 is 0 Å². The molecule has 7 heteroatoms. The largest absolute Gasteiger partial charge is 0.492 e. The molecule has 0 amide bonds. The minimum atomic E-state index is -0.249. The molecule has 2 rings (SSSR count). The molecule has 1 aliphatic rings. The fourth-order valence-electron chi connectivity index (χ4n) is 1.89. The van der Waals surface area contributed by atoms with Crippen LogP contribution in [0.5, 0.6) is 17.2 Å². The molecular formula is C16H25N3O4. The van der Waals surface area contributed by atoms with Crippen molar-refractivity contribution in [2.45, 2.75) is 19.4 Å². The molecule has 1 aromatic carbocycles. The molecule has 0 saturated heterocycles. The first kappa shape index (κ1) is 17.2. The Bertz CT molecular complexity index is 546. The van der Waals surface area contributed by atoms with Crippen LogP contribution in [0.2, 0.25) is 0 Å². The molecule has 2 N–H and O–H groups in total. The van der Waals surface area contributed by atoms with Crippen LogP contribution in [-0.4, -0.2) is 52.2 Å². The maximum absolute atomic E-state index is 5.69. The quantitative estimate of drug-likeness (QED) is 0.449. The first-order valence-electron chi connectivity index (χ1n) is 7.56. The van der Waals surface area contributed by atoms with E-state index in [0.717, 1.165) is 17.2 Å². The van der Waals surface area contributed by atoms with Crippen LogP contribution in [0.4, 0.5) is 0 Å². The van der Waals surface area contributed by atoms with Crippen LogP contribution in [0.3, 0.4) is 0 Å². The first-order valence-corrected chi connectivity index (χ1v) is 7.56. The summed E-state index contributed by atoms with van der Waals surface area (Å²) in [5.74, 6) is 2.93. The lowest BCUT2D eigenvalue weighted by molar-refractivity contribution is 0.0268. The van der Waals surface area contributed by atoms with E-state index in [1.807, 2.05) is 32.0 Å². The number of methoxy groups -OCH3 is 1. The predicted molar refractivity (Wildman–Crippen MR) is 88.5 cm³/mol. The molecule has 0 bridgehead atoms. The van der Waals surface area contributed by atoms with Gasteiger partial charge in [-0.2, -0.15) is 0 Å². The molecule has 1 aliphatic heterocycles. The SMILES string of the molecule is CN=C(NCCOc1ccc2c(c1)OCO2)NCC(C)(C)OC. The van der Waals surface area contributed by atoms with E-state index in [4.69, 9.17) is 18.9 Å². The van der Waals surface area contributed by atoms with Crippen molar-refractivity contribution >= 4 is 5.96 Å². The highest BCUT2D eigenvalue weighted by Crippen LogP contribution is 2.34. The smallest absolute Gasteiger partial charge is 0.231 e. The maximum Gasteiger partial charge on any atom is 0.231 e. The van der Waals surface area contributed by atoms with E-state index in [1.165, 1.54) is 0 Å². The molecule has 0 atom stereocenters. The van der Waals surface area contributed by atoms with Crippen molar-refractivity contribution in [3.63, 3.8) is 0 Å². The summed E-state index contributed by atoms with van der Waals surface area (Å²) in [6, 6.07) is 5.54. The average Bonchev–Trinajstić information content (AvgIpc) is 3.02. The van der Waals surface area contributed by atoms with Crippen molar-refractivity contribution in [1.29, 1.82) is 0 Å². The maximum atomic E-state index is 5.69. The van der Waals surface area contributed by atoms with Crippen molar-refractivity contribution in [2.24, 2.45) is 4.99 Å². The number of nitrogens with zero attached hydrogens (tertiary/aromatic N) is 1. The Balaban J connectivity index is 1.69. The molecule has 0 unspecified atom stereocenters. The van der Waals surface area contributed by atoms with Crippen LogP contribution >= 0.6 is 0 Å². The number of hydrogen-bond acceptors (Lipinski definition) is 5. The van der Waals surface area contributed by atoms with E-state index in [-0.39, 0.29) is 12.4 Å². The Hall–Kier alpha value is -2.15. The van der Waals surface area contributed by atoms with Crippen LogP contribution in [-0.2, 0) is 4.74 Å². The molecule has 1 aromatic rings. The molecule has 0 aliphatic carbocycles. The lowest BCUT2D eigenvalue weighted by Crippen LogP contribution is -2.46. The van der Waals surface area contributed by atoms with Gasteiger partial charge in [0.1, 0.15) is 12.4 Å². The molecule has 1 heterocycles. The second-order valence-corrected chi connectivity index (χ2v) is 5.68. The summed E-state index contributed by atoms with van der Waals surface area (Å²) in [7, 11) is 3.42. The number of hydrogen-bond donors (Lipinski definition) is 2. The molecular weight excluding hydrogens is 298 g/mol. The van der Waals surface area contributed by atoms with Crippen LogP contribution in [0.25, 0.3) is 0 Å². The number of fused-ring (bicyclic) bond motifs is 1.